The van der Waals surface area contributed by atoms with E-state index >= 15 is 0 Å². The molecule has 0 aliphatic carbocycles. The second-order valence-electron chi connectivity index (χ2n) is 6.01. The Labute approximate surface area is 157 Å². The number of carboxylic acids is 1. The molecular formula is C20H22N2O5. The molecule has 0 saturated carbocycles. The molecule has 2 aromatic rings. The van der Waals surface area contributed by atoms with Gasteiger partial charge in [-0.25, -0.2) is 4.79 Å². The summed E-state index contributed by atoms with van der Waals surface area (Å²) in [6.45, 7) is 5.45. The molecule has 27 heavy (non-hydrogen) atoms. The van der Waals surface area contributed by atoms with Gasteiger partial charge in [-0.15, -0.1) is 0 Å². The number of aliphatic carboxylic acids is 1. The molecule has 0 unspecified atom stereocenters. The highest BCUT2D eigenvalue weighted by Gasteiger charge is 2.13. The average Bonchev–Trinajstić information content (AvgIpc) is 2.61. The lowest BCUT2D eigenvalue weighted by atomic mass is 10.0. The van der Waals surface area contributed by atoms with Crippen molar-refractivity contribution in [3.63, 3.8) is 0 Å². The van der Waals surface area contributed by atoms with Gasteiger partial charge >= 0.3 is 5.97 Å². The third kappa shape index (κ3) is 5.31. The fourth-order valence-electron chi connectivity index (χ4n) is 2.61. The van der Waals surface area contributed by atoms with Crippen LogP contribution >= 0.6 is 0 Å². The van der Waals surface area contributed by atoms with E-state index in [1.165, 1.54) is 0 Å². The summed E-state index contributed by atoms with van der Waals surface area (Å²) in [4.78, 5) is 34.9. The van der Waals surface area contributed by atoms with Gasteiger partial charge in [0.1, 0.15) is 5.75 Å². The van der Waals surface area contributed by atoms with E-state index in [0.29, 0.717) is 40.2 Å². The summed E-state index contributed by atoms with van der Waals surface area (Å²) in [6.07, 6.45) is 0. The second-order valence-corrected chi connectivity index (χ2v) is 6.01. The fourth-order valence-corrected chi connectivity index (χ4v) is 2.61. The average molecular weight is 370 g/mol. The number of anilines is 1. The molecule has 0 bridgehead atoms. The Hall–Kier alpha value is -3.35. The summed E-state index contributed by atoms with van der Waals surface area (Å²) in [7, 11) is 0. The van der Waals surface area contributed by atoms with Crippen molar-refractivity contribution < 1.29 is 24.2 Å². The third-order valence-corrected chi connectivity index (χ3v) is 3.80. The molecule has 0 aliphatic heterocycles. The molecule has 2 amide bonds. The quantitative estimate of drug-likeness (QED) is 0.695. The van der Waals surface area contributed by atoms with Crippen LogP contribution in [0.1, 0.15) is 38.8 Å². The first-order valence-electron chi connectivity index (χ1n) is 8.47. The Morgan fingerprint density at radius 3 is 2.07 bits per heavy atom. The summed E-state index contributed by atoms with van der Waals surface area (Å²) in [5.74, 6) is -1.08. The standard InChI is InChI=1S/C20H22N2O5/c1-4-21-19(25)14-5-7-16(8-6-14)22-20(26)15-9-12(2)18(13(3)10-15)27-11-17(23)24/h5-10H,4,11H2,1-3H3,(H,21,25)(H,22,26)(H,23,24). The fraction of sp³-hybridized carbons (Fsp3) is 0.250. The summed E-state index contributed by atoms with van der Waals surface area (Å²) in [5, 5.41) is 14.2. The molecular weight excluding hydrogens is 348 g/mol. The predicted molar refractivity (Wildman–Crippen MR) is 101 cm³/mol. The van der Waals surface area contributed by atoms with Crippen LogP contribution in [0.4, 0.5) is 5.69 Å². The van der Waals surface area contributed by atoms with E-state index in [1.54, 1.807) is 50.2 Å². The van der Waals surface area contributed by atoms with E-state index in [1.807, 2.05) is 6.92 Å². The van der Waals surface area contributed by atoms with Gasteiger partial charge in [-0.3, -0.25) is 9.59 Å². The van der Waals surface area contributed by atoms with E-state index in [2.05, 4.69) is 10.6 Å². The molecule has 0 aromatic heterocycles. The molecule has 0 heterocycles. The lowest BCUT2D eigenvalue weighted by molar-refractivity contribution is -0.139. The number of aryl methyl sites for hydroxylation is 2. The van der Waals surface area contributed by atoms with Crippen molar-refractivity contribution in [2.45, 2.75) is 20.8 Å². The topological polar surface area (TPSA) is 105 Å². The van der Waals surface area contributed by atoms with E-state index in [0.717, 1.165) is 0 Å². The summed E-state index contributed by atoms with van der Waals surface area (Å²) >= 11 is 0. The van der Waals surface area contributed by atoms with Crippen molar-refractivity contribution in [1.29, 1.82) is 0 Å². The van der Waals surface area contributed by atoms with Crippen LogP contribution in [0.25, 0.3) is 0 Å². The third-order valence-electron chi connectivity index (χ3n) is 3.80. The lowest BCUT2D eigenvalue weighted by Crippen LogP contribution is -2.22. The molecule has 0 spiro atoms. The van der Waals surface area contributed by atoms with Gasteiger partial charge < -0.3 is 20.5 Å². The molecule has 7 nitrogen and oxygen atoms in total. The first-order valence-corrected chi connectivity index (χ1v) is 8.47. The number of ether oxygens (including phenoxy) is 1. The van der Waals surface area contributed by atoms with Crippen LogP contribution in [0.5, 0.6) is 5.75 Å². The normalized spacial score (nSPS) is 10.2. The monoisotopic (exact) mass is 370 g/mol. The van der Waals surface area contributed by atoms with E-state index in [-0.39, 0.29) is 11.8 Å². The Morgan fingerprint density at radius 1 is 0.963 bits per heavy atom. The number of amides is 2. The van der Waals surface area contributed by atoms with Crippen molar-refractivity contribution >= 4 is 23.5 Å². The maximum absolute atomic E-state index is 12.5. The number of carboxylic acid groups (broad SMARTS) is 1. The first-order chi connectivity index (χ1) is 12.8. The minimum atomic E-state index is -1.06. The maximum Gasteiger partial charge on any atom is 0.341 e. The molecule has 2 aromatic carbocycles. The number of carbonyl (C=O) groups is 3. The van der Waals surface area contributed by atoms with Gasteiger partial charge in [-0.1, -0.05) is 0 Å². The van der Waals surface area contributed by atoms with Crippen LogP contribution < -0.4 is 15.4 Å². The molecule has 0 aliphatic rings. The highest BCUT2D eigenvalue weighted by molar-refractivity contribution is 6.05. The van der Waals surface area contributed by atoms with Gasteiger partial charge in [0.2, 0.25) is 0 Å². The van der Waals surface area contributed by atoms with Crippen LogP contribution in [-0.4, -0.2) is 36.0 Å². The zero-order chi connectivity index (χ0) is 20.0. The minimum absolute atomic E-state index is 0.168. The number of carbonyl (C=O) groups excluding carboxylic acids is 2. The van der Waals surface area contributed by atoms with Gasteiger partial charge in [-0.2, -0.15) is 0 Å². The predicted octanol–water partition coefficient (Wildman–Crippen LogP) is 2.77. The Kier molecular flexibility index (Phi) is 6.54. The maximum atomic E-state index is 12.5. The number of benzene rings is 2. The van der Waals surface area contributed by atoms with Crippen LogP contribution in [-0.2, 0) is 4.79 Å². The summed E-state index contributed by atoms with van der Waals surface area (Å²) in [6, 6.07) is 9.88. The number of rotatable bonds is 7. The minimum Gasteiger partial charge on any atom is -0.481 e. The summed E-state index contributed by atoms with van der Waals surface area (Å²) in [5.41, 5.74) is 2.86. The SMILES string of the molecule is CCNC(=O)c1ccc(NC(=O)c2cc(C)c(OCC(=O)O)c(C)c2)cc1. The molecule has 7 heteroatoms. The van der Waals surface area contributed by atoms with Crippen LogP contribution in [0, 0.1) is 13.8 Å². The first kappa shape index (κ1) is 20.0. The number of hydrogen-bond donors (Lipinski definition) is 3. The molecule has 3 N–H and O–H groups in total. The van der Waals surface area contributed by atoms with Crippen LogP contribution in [0.15, 0.2) is 36.4 Å². The second kappa shape index (κ2) is 8.84. The number of hydrogen-bond acceptors (Lipinski definition) is 4. The van der Waals surface area contributed by atoms with Crippen LogP contribution in [0.2, 0.25) is 0 Å². The van der Waals surface area contributed by atoms with Gasteiger partial charge in [-0.05, 0) is 68.3 Å². The molecule has 142 valence electrons. The van der Waals surface area contributed by atoms with Gasteiger partial charge in [0.05, 0.1) is 0 Å². The van der Waals surface area contributed by atoms with Gasteiger partial charge in [0.15, 0.2) is 6.61 Å². The smallest absolute Gasteiger partial charge is 0.341 e. The van der Waals surface area contributed by atoms with Crippen molar-refractivity contribution in [2.75, 3.05) is 18.5 Å². The van der Waals surface area contributed by atoms with E-state index in [9.17, 15) is 14.4 Å². The van der Waals surface area contributed by atoms with Crippen molar-refractivity contribution in [2.24, 2.45) is 0 Å². The van der Waals surface area contributed by atoms with E-state index in [4.69, 9.17) is 9.84 Å². The van der Waals surface area contributed by atoms with Crippen molar-refractivity contribution in [3.8, 4) is 5.75 Å². The van der Waals surface area contributed by atoms with Crippen LogP contribution in [0.3, 0.4) is 0 Å². The lowest BCUT2D eigenvalue weighted by Gasteiger charge is -2.13. The Balaban J connectivity index is 2.11. The van der Waals surface area contributed by atoms with Crippen molar-refractivity contribution in [3.05, 3.63) is 58.7 Å². The largest absolute Gasteiger partial charge is 0.481 e. The summed E-state index contributed by atoms with van der Waals surface area (Å²) < 4.78 is 5.27. The zero-order valence-electron chi connectivity index (χ0n) is 15.5. The zero-order valence-corrected chi connectivity index (χ0v) is 15.5. The van der Waals surface area contributed by atoms with Crippen molar-refractivity contribution in [1.82, 2.24) is 5.32 Å². The van der Waals surface area contributed by atoms with Gasteiger partial charge in [0.25, 0.3) is 11.8 Å². The highest BCUT2D eigenvalue weighted by Crippen LogP contribution is 2.25. The van der Waals surface area contributed by atoms with Gasteiger partial charge in [0, 0.05) is 23.4 Å². The molecule has 0 saturated heterocycles. The highest BCUT2D eigenvalue weighted by atomic mass is 16.5. The molecule has 0 fully saturated rings. The number of nitrogens with one attached hydrogen (secondary N) is 2. The molecule has 2 rings (SSSR count). The van der Waals surface area contributed by atoms with E-state index < -0.39 is 12.6 Å². The molecule has 0 radical (unpaired) electrons. The Bertz CT molecular complexity index is 836. The Morgan fingerprint density at radius 2 is 1.56 bits per heavy atom. The molecule has 0 atom stereocenters.